The maximum Gasteiger partial charge on any atom is 0.147 e. The van der Waals surface area contributed by atoms with Crippen molar-refractivity contribution in [3.05, 3.63) is 47.1 Å². The van der Waals surface area contributed by atoms with Gasteiger partial charge >= 0.3 is 0 Å². The van der Waals surface area contributed by atoms with Gasteiger partial charge in [0.25, 0.3) is 0 Å². The second-order valence-electron chi connectivity index (χ2n) is 3.54. The van der Waals surface area contributed by atoms with Crippen molar-refractivity contribution in [2.24, 2.45) is 0 Å². The van der Waals surface area contributed by atoms with E-state index in [2.05, 4.69) is 10.3 Å². The summed E-state index contributed by atoms with van der Waals surface area (Å²) in [6.45, 7) is 2.01. The van der Waals surface area contributed by atoms with E-state index in [-0.39, 0.29) is 0 Å². The van der Waals surface area contributed by atoms with Crippen LogP contribution in [0, 0.1) is 6.92 Å². The number of halogens is 1. The highest BCUT2D eigenvalue weighted by Gasteiger charge is 2.03. The van der Waals surface area contributed by atoms with Crippen molar-refractivity contribution in [2.45, 2.75) is 6.92 Å². The molecule has 2 rings (SSSR count). The zero-order chi connectivity index (χ0) is 11.5. The molecule has 0 saturated carbocycles. The van der Waals surface area contributed by atoms with Crippen molar-refractivity contribution < 1.29 is 0 Å². The minimum absolute atomic E-state index is 0.458. The summed E-state index contributed by atoms with van der Waals surface area (Å²) >= 11 is 6.07. The molecule has 0 atom stereocenters. The molecule has 0 unspecified atom stereocenters. The van der Waals surface area contributed by atoms with Gasteiger partial charge in [-0.05, 0) is 36.8 Å². The quantitative estimate of drug-likeness (QED) is 0.836. The van der Waals surface area contributed by atoms with E-state index in [1.54, 1.807) is 6.20 Å². The van der Waals surface area contributed by atoms with E-state index in [1.807, 2.05) is 37.3 Å². The van der Waals surface area contributed by atoms with Crippen LogP contribution >= 0.6 is 11.6 Å². The number of aromatic nitrogens is 1. The molecule has 0 aliphatic rings. The molecule has 1 aromatic heterocycles. The highest BCUT2D eigenvalue weighted by atomic mass is 35.5. The van der Waals surface area contributed by atoms with Crippen LogP contribution in [0.4, 0.5) is 17.2 Å². The van der Waals surface area contributed by atoms with E-state index in [0.29, 0.717) is 10.8 Å². The first kappa shape index (κ1) is 10.8. The molecule has 0 amide bonds. The summed E-state index contributed by atoms with van der Waals surface area (Å²) in [5.41, 5.74) is 8.47. The van der Waals surface area contributed by atoms with Crippen LogP contribution in [-0.4, -0.2) is 4.98 Å². The highest BCUT2D eigenvalue weighted by molar-refractivity contribution is 6.33. The van der Waals surface area contributed by atoms with E-state index in [9.17, 15) is 0 Å². The number of nitrogens with zero attached hydrogens (tertiary/aromatic N) is 1. The largest absolute Gasteiger partial charge is 0.382 e. The van der Waals surface area contributed by atoms with Crippen molar-refractivity contribution in [1.29, 1.82) is 0 Å². The topological polar surface area (TPSA) is 50.9 Å². The van der Waals surface area contributed by atoms with Gasteiger partial charge in [-0.15, -0.1) is 0 Å². The Labute approximate surface area is 99.3 Å². The van der Waals surface area contributed by atoms with Crippen LogP contribution < -0.4 is 11.1 Å². The van der Waals surface area contributed by atoms with Gasteiger partial charge in [0.05, 0.1) is 16.4 Å². The van der Waals surface area contributed by atoms with Gasteiger partial charge in [-0.3, -0.25) is 0 Å². The number of aryl methyl sites for hydroxylation is 1. The van der Waals surface area contributed by atoms with Gasteiger partial charge in [0.2, 0.25) is 0 Å². The van der Waals surface area contributed by atoms with Gasteiger partial charge in [-0.1, -0.05) is 17.7 Å². The fourth-order valence-corrected chi connectivity index (χ4v) is 1.57. The maximum atomic E-state index is 6.07. The Bertz CT molecular complexity index is 511. The Hall–Kier alpha value is -1.74. The molecule has 1 heterocycles. The summed E-state index contributed by atoms with van der Waals surface area (Å²) in [6, 6.07) is 9.46. The van der Waals surface area contributed by atoms with Crippen molar-refractivity contribution in [3.63, 3.8) is 0 Å². The predicted molar refractivity (Wildman–Crippen MR) is 68.1 cm³/mol. The van der Waals surface area contributed by atoms with E-state index < -0.39 is 0 Å². The number of hydrogen-bond acceptors (Lipinski definition) is 3. The first-order chi connectivity index (χ1) is 7.66. The Morgan fingerprint density at radius 3 is 2.81 bits per heavy atom. The van der Waals surface area contributed by atoms with Crippen molar-refractivity contribution in [3.8, 4) is 0 Å². The van der Waals surface area contributed by atoms with E-state index in [0.717, 1.165) is 16.9 Å². The van der Waals surface area contributed by atoms with Crippen molar-refractivity contribution in [2.75, 3.05) is 11.1 Å². The number of nitrogen functional groups attached to an aromatic ring is 1. The lowest BCUT2D eigenvalue weighted by molar-refractivity contribution is 1.33. The molecule has 0 aliphatic heterocycles. The molecular weight excluding hydrogens is 222 g/mol. The molecule has 0 radical (unpaired) electrons. The number of rotatable bonds is 2. The molecular formula is C12H12ClN3. The Morgan fingerprint density at radius 1 is 1.25 bits per heavy atom. The number of pyridine rings is 1. The van der Waals surface area contributed by atoms with Gasteiger partial charge in [-0.2, -0.15) is 0 Å². The van der Waals surface area contributed by atoms with Crippen LogP contribution in [0.1, 0.15) is 5.56 Å². The third kappa shape index (κ3) is 2.25. The summed E-state index contributed by atoms with van der Waals surface area (Å²) in [5, 5.41) is 3.82. The molecule has 16 heavy (non-hydrogen) atoms. The van der Waals surface area contributed by atoms with E-state index in [4.69, 9.17) is 17.3 Å². The summed E-state index contributed by atoms with van der Waals surface area (Å²) in [6.07, 6.45) is 1.65. The van der Waals surface area contributed by atoms with E-state index in [1.165, 1.54) is 0 Å². The molecule has 0 saturated heterocycles. The molecule has 3 nitrogen and oxygen atoms in total. The molecule has 3 N–H and O–H groups in total. The number of benzene rings is 1. The first-order valence-electron chi connectivity index (χ1n) is 4.90. The fourth-order valence-electron chi connectivity index (χ4n) is 1.40. The Kier molecular flexibility index (Phi) is 2.97. The molecule has 0 spiro atoms. The van der Waals surface area contributed by atoms with Crippen molar-refractivity contribution in [1.82, 2.24) is 4.98 Å². The minimum Gasteiger partial charge on any atom is -0.382 e. The zero-order valence-electron chi connectivity index (χ0n) is 8.87. The van der Waals surface area contributed by atoms with Crippen LogP contribution in [0.25, 0.3) is 0 Å². The van der Waals surface area contributed by atoms with Gasteiger partial charge in [0.15, 0.2) is 0 Å². The lowest BCUT2D eigenvalue weighted by atomic mass is 10.2. The number of hydrogen-bond donors (Lipinski definition) is 2. The predicted octanol–water partition coefficient (Wildman–Crippen LogP) is 3.37. The highest BCUT2D eigenvalue weighted by Crippen LogP contribution is 2.27. The second-order valence-corrected chi connectivity index (χ2v) is 3.95. The molecule has 4 heteroatoms. The second kappa shape index (κ2) is 4.41. The monoisotopic (exact) mass is 233 g/mol. The fraction of sp³-hybridized carbons (Fsp3) is 0.0833. The molecule has 0 bridgehead atoms. The van der Waals surface area contributed by atoms with Crippen LogP contribution in [0.3, 0.4) is 0 Å². The SMILES string of the molecule is Cc1ccc(Cl)c(Nc2cccnc2N)c1. The Balaban J connectivity index is 2.34. The zero-order valence-corrected chi connectivity index (χ0v) is 9.62. The van der Waals surface area contributed by atoms with Gasteiger partial charge in [0, 0.05) is 6.20 Å². The molecule has 2 aromatic rings. The Morgan fingerprint density at radius 2 is 2.06 bits per heavy atom. The third-order valence-corrected chi connectivity index (χ3v) is 2.56. The van der Waals surface area contributed by atoms with Crippen LogP contribution in [0.2, 0.25) is 5.02 Å². The standard InChI is InChI=1S/C12H12ClN3/c1-8-4-5-9(13)11(7-8)16-10-3-2-6-15-12(10)14/h2-7,16H,1H3,(H2,14,15). The third-order valence-electron chi connectivity index (χ3n) is 2.23. The number of anilines is 3. The first-order valence-corrected chi connectivity index (χ1v) is 5.28. The summed E-state index contributed by atoms with van der Waals surface area (Å²) < 4.78 is 0. The van der Waals surface area contributed by atoms with Gasteiger partial charge in [0.1, 0.15) is 5.82 Å². The smallest absolute Gasteiger partial charge is 0.147 e. The minimum atomic E-state index is 0.458. The van der Waals surface area contributed by atoms with E-state index >= 15 is 0 Å². The van der Waals surface area contributed by atoms with Crippen LogP contribution in [-0.2, 0) is 0 Å². The average molecular weight is 234 g/mol. The number of nitrogens with one attached hydrogen (secondary N) is 1. The van der Waals surface area contributed by atoms with Crippen LogP contribution in [0.15, 0.2) is 36.5 Å². The summed E-state index contributed by atoms with van der Waals surface area (Å²) in [7, 11) is 0. The lowest BCUT2D eigenvalue weighted by Crippen LogP contribution is -1.98. The maximum absolute atomic E-state index is 6.07. The average Bonchev–Trinajstić information content (AvgIpc) is 2.27. The molecule has 0 aliphatic carbocycles. The summed E-state index contributed by atoms with van der Waals surface area (Å²) in [4.78, 5) is 4.00. The van der Waals surface area contributed by atoms with Crippen LogP contribution in [0.5, 0.6) is 0 Å². The lowest BCUT2D eigenvalue weighted by Gasteiger charge is -2.10. The molecule has 0 fully saturated rings. The number of nitrogens with two attached hydrogens (primary N) is 1. The molecule has 82 valence electrons. The van der Waals surface area contributed by atoms with Gasteiger partial charge < -0.3 is 11.1 Å². The molecule has 1 aromatic carbocycles. The summed E-state index contributed by atoms with van der Waals surface area (Å²) in [5.74, 6) is 0.458. The normalized spacial score (nSPS) is 10.1. The van der Waals surface area contributed by atoms with Gasteiger partial charge in [-0.25, -0.2) is 4.98 Å². The van der Waals surface area contributed by atoms with Crippen molar-refractivity contribution >= 4 is 28.8 Å².